The van der Waals surface area contributed by atoms with Crippen LogP contribution in [0.4, 0.5) is 11.4 Å². The van der Waals surface area contributed by atoms with Gasteiger partial charge in [-0.3, -0.25) is 0 Å². The van der Waals surface area contributed by atoms with Gasteiger partial charge in [-0.25, -0.2) is 5.01 Å². The van der Waals surface area contributed by atoms with Gasteiger partial charge in [-0.05, 0) is 131 Å². The molecule has 2 aromatic carbocycles. The third-order valence-electron chi connectivity index (χ3n) is 9.82. The Kier molecular flexibility index (Phi) is 11.6. The molecule has 0 radical (unpaired) electrons. The fraction of sp³-hybridized carbons (Fsp3) is 0.462. The first kappa shape index (κ1) is 33.4. The predicted molar refractivity (Wildman–Crippen MR) is 195 cm³/mol. The monoisotopic (exact) mass is 644 g/mol. The molecule has 45 heavy (non-hydrogen) atoms. The van der Waals surface area contributed by atoms with Gasteiger partial charge in [0, 0.05) is 23.8 Å². The number of allylic oxidation sites excluding steroid dienone is 4. The van der Waals surface area contributed by atoms with E-state index < -0.39 is 0 Å². The predicted octanol–water partition coefficient (Wildman–Crippen LogP) is 10.4. The first-order valence-electron chi connectivity index (χ1n) is 16.8. The minimum atomic E-state index is 0.0510. The lowest BCUT2D eigenvalue weighted by Gasteiger charge is -2.28. The molecule has 0 spiro atoms. The van der Waals surface area contributed by atoms with E-state index in [-0.39, 0.29) is 11.4 Å². The van der Waals surface area contributed by atoms with E-state index in [1.807, 2.05) is 24.3 Å². The van der Waals surface area contributed by atoms with Gasteiger partial charge in [-0.2, -0.15) is 5.10 Å². The Morgan fingerprint density at radius 1 is 1.04 bits per heavy atom. The summed E-state index contributed by atoms with van der Waals surface area (Å²) in [7, 11) is 0. The van der Waals surface area contributed by atoms with Gasteiger partial charge in [0.1, 0.15) is 12.2 Å². The maximum Gasteiger partial charge on any atom is 0.129 e. The molecule has 4 nitrogen and oxygen atoms in total. The highest BCUT2D eigenvalue weighted by molar-refractivity contribution is 6.33. The highest BCUT2D eigenvalue weighted by Gasteiger charge is 2.30. The third-order valence-corrected chi connectivity index (χ3v) is 10.5. The second kappa shape index (κ2) is 15.6. The molecular weight excluding hydrogens is 595 g/mol. The lowest BCUT2D eigenvalue weighted by atomic mass is 9.90. The Hall–Kier alpha value is -2.95. The van der Waals surface area contributed by atoms with Crippen LogP contribution < -0.4 is 9.91 Å². The summed E-state index contributed by atoms with van der Waals surface area (Å²) in [5, 5.41) is 7.44. The van der Waals surface area contributed by atoms with E-state index in [9.17, 15) is 0 Å². The number of anilines is 2. The van der Waals surface area contributed by atoms with Crippen molar-refractivity contribution in [3.8, 4) is 0 Å². The topological polar surface area (TPSA) is 22.1 Å². The molecule has 0 amide bonds. The molecule has 0 saturated heterocycles. The average molecular weight is 646 g/mol. The van der Waals surface area contributed by atoms with Gasteiger partial charge < -0.3 is 9.80 Å². The summed E-state index contributed by atoms with van der Waals surface area (Å²) in [5.41, 5.74) is 7.59. The van der Waals surface area contributed by atoms with Crippen LogP contribution in [0.25, 0.3) is 0 Å². The number of hydrazone groups is 1. The molecule has 1 fully saturated rings. The molecule has 4 atom stereocenters. The highest BCUT2D eigenvalue weighted by atomic mass is 35.5. The summed E-state index contributed by atoms with van der Waals surface area (Å²) in [6.07, 6.45) is 16.6. The van der Waals surface area contributed by atoms with Crippen molar-refractivity contribution in [2.45, 2.75) is 90.0 Å². The van der Waals surface area contributed by atoms with E-state index in [0.29, 0.717) is 5.92 Å². The molecule has 0 bridgehead atoms. The number of aryl methyl sites for hydroxylation is 2. The van der Waals surface area contributed by atoms with E-state index >= 15 is 0 Å². The first-order valence-corrected chi connectivity index (χ1v) is 17.7. The van der Waals surface area contributed by atoms with Crippen LogP contribution in [0.3, 0.4) is 0 Å². The summed E-state index contributed by atoms with van der Waals surface area (Å²) in [5.74, 6) is 2.24. The average Bonchev–Trinajstić information content (AvgIpc) is 3.66. The van der Waals surface area contributed by atoms with Crippen molar-refractivity contribution < 1.29 is 0 Å². The van der Waals surface area contributed by atoms with Gasteiger partial charge >= 0.3 is 0 Å². The lowest BCUT2D eigenvalue weighted by Crippen LogP contribution is -2.32. The third kappa shape index (κ3) is 8.45. The fourth-order valence-electron chi connectivity index (χ4n) is 6.93. The second-order valence-electron chi connectivity index (χ2n) is 13.2. The van der Waals surface area contributed by atoms with Crippen molar-refractivity contribution in [3.63, 3.8) is 0 Å². The molecular formula is C39H50Cl2N4. The molecule has 3 unspecified atom stereocenters. The lowest BCUT2D eigenvalue weighted by molar-refractivity contribution is 0.465. The van der Waals surface area contributed by atoms with Crippen LogP contribution in [0.1, 0.15) is 76.8 Å². The first-order chi connectivity index (χ1) is 21.7. The van der Waals surface area contributed by atoms with Crippen LogP contribution in [-0.4, -0.2) is 35.7 Å². The number of alkyl halides is 1. The van der Waals surface area contributed by atoms with Crippen molar-refractivity contribution in [2.75, 3.05) is 23.0 Å². The zero-order valence-electron chi connectivity index (χ0n) is 27.4. The summed E-state index contributed by atoms with van der Waals surface area (Å²) in [6, 6.07) is 18.3. The van der Waals surface area contributed by atoms with E-state index in [1.165, 1.54) is 48.1 Å². The number of rotatable bonds is 14. The van der Waals surface area contributed by atoms with Gasteiger partial charge in [-0.15, -0.1) is 11.6 Å². The largest absolute Gasteiger partial charge is 0.372 e. The number of hydrogen-bond donors (Lipinski definition) is 0. The van der Waals surface area contributed by atoms with E-state index in [4.69, 9.17) is 23.2 Å². The van der Waals surface area contributed by atoms with E-state index in [1.54, 1.807) is 0 Å². The van der Waals surface area contributed by atoms with Crippen LogP contribution in [0, 0.1) is 11.8 Å². The Morgan fingerprint density at radius 3 is 2.42 bits per heavy atom. The Morgan fingerprint density at radius 2 is 1.76 bits per heavy atom. The molecule has 1 saturated carbocycles. The quantitative estimate of drug-likeness (QED) is 0.151. The standard InChI is InChI=1S/C39H50Cl2N4/c1-6-23-43(36-18-20-37(21-19-36)45-30(5)44(27-42-45)29(4)28(2)3)24-7-8-31-9-11-32(12-10-31)13-14-33-15-16-34(25-33)38-22-17-35(40)26-39(38)41/h9-12,18-22,26-27,29,33-35H,2,5-8,13-17,23-25H2,1,3-4H3/t29?,33-,34?,35?/m1/s1. The molecule has 1 aliphatic heterocycles. The molecule has 2 aliphatic carbocycles. The number of benzene rings is 2. The number of nitrogens with zero attached hydrogens (tertiary/aromatic N) is 4. The molecule has 240 valence electrons. The van der Waals surface area contributed by atoms with E-state index in [2.05, 4.69) is 96.5 Å². The maximum absolute atomic E-state index is 6.54. The molecule has 3 aliphatic rings. The zero-order valence-corrected chi connectivity index (χ0v) is 28.9. The summed E-state index contributed by atoms with van der Waals surface area (Å²) >= 11 is 12.8. The summed E-state index contributed by atoms with van der Waals surface area (Å²) in [4.78, 5) is 4.57. The molecule has 2 aromatic rings. The normalized spacial score (nSPS) is 22.1. The molecule has 0 N–H and O–H groups in total. The van der Waals surface area contributed by atoms with Crippen molar-refractivity contribution in [2.24, 2.45) is 16.9 Å². The zero-order chi connectivity index (χ0) is 31.9. The second-order valence-corrected chi connectivity index (χ2v) is 14.1. The Labute approximate surface area is 281 Å². The molecule has 0 aromatic heterocycles. The summed E-state index contributed by atoms with van der Waals surface area (Å²) < 4.78 is 0. The van der Waals surface area contributed by atoms with Gasteiger partial charge in [0.2, 0.25) is 0 Å². The van der Waals surface area contributed by atoms with Crippen LogP contribution >= 0.6 is 23.2 Å². The van der Waals surface area contributed by atoms with Gasteiger partial charge in [-0.1, -0.05) is 67.6 Å². The summed E-state index contributed by atoms with van der Waals surface area (Å²) in [6.45, 7) is 16.9. The molecule has 6 heteroatoms. The number of halogens is 2. The minimum Gasteiger partial charge on any atom is -0.372 e. The smallest absolute Gasteiger partial charge is 0.129 e. The van der Waals surface area contributed by atoms with Crippen LogP contribution in [-0.2, 0) is 12.8 Å². The fourth-order valence-corrected chi connectivity index (χ4v) is 7.59. The Balaban J connectivity index is 1.07. The van der Waals surface area contributed by atoms with Crippen LogP contribution in [0.5, 0.6) is 0 Å². The highest BCUT2D eigenvalue weighted by Crippen LogP contribution is 2.43. The van der Waals surface area contributed by atoms with Crippen molar-refractivity contribution in [3.05, 3.63) is 107 Å². The van der Waals surface area contributed by atoms with Crippen molar-refractivity contribution in [1.82, 2.24) is 4.90 Å². The van der Waals surface area contributed by atoms with E-state index in [0.717, 1.165) is 73.2 Å². The van der Waals surface area contributed by atoms with Crippen LogP contribution in [0.2, 0.25) is 0 Å². The van der Waals surface area contributed by atoms with Gasteiger partial charge in [0.25, 0.3) is 0 Å². The molecule has 5 rings (SSSR count). The maximum atomic E-state index is 6.54. The van der Waals surface area contributed by atoms with Gasteiger partial charge in [0.05, 0.1) is 17.1 Å². The minimum absolute atomic E-state index is 0.0510. The molecule has 1 heterocycles. The number of hydrogen-bond acceptors (Lipinski definition) is 4. The van der Waals surface area contributed by atoms with Crippen LogP contribution in [0.15, 0.2) is 101 Å². The SMILES string of the molecule is C=C(C)C(C)N1C=NN(c2ccc(N(CCC)CCCc3ccc(CC[C@@H]4CCC(C5=CCC(Cl)C=C5Cl)C4)cc3)cc2)C1=C. The van der Waals surface area contributed by atoms with Crippen molar-refractivity contribution in [1.29, 1.82) is 0 Å². The van der Waals surface area contributed by atoms with Gasteiger partial charge in [0.15, 0.2) is 0 Å². The van der Waals surface area contributed by atoms with Crippen molar-refractivity contribution >= 4 is 40.9 Å². The Bertz CT molecular complexity index is 1410.